The van der Waals surface area contributed by atoms with Gasteiger partial charge in [-0.2, -0.15) is 0 Å². The van der Waals surface area contributed by atoms with E-state index in [-0.39, 0.29) is 18.6 Å². The van der Waals surface area contributed by atoms with Crippen molar-refractivity contribution in [2.24, 2.45) is 0 Å². The van der Waals surface area contributed by atoms with E-state index < -0.39 is 0 Å². The van der Waals surface area contributed by atoms with Gasteiger partial charge in [0.2, 0.25) is 18.6 Å². The SMILES string of the molecule is Cc1nc2ccccn2c1C(=O)N1CCCC(c2nnc(-c3ccc4c(c3)OCO4)o2)C1. The number of aromatic nitrogens is 4. The van der Waals surface area contributed by atoms with Crippen LogP contribution in [-0.4, -0.2) is 50.3 Å². The number of ether oxygens (including phenoxy) is 2. The molecule has 9 heteroatoms. The molecule has 0 aliphatic carbocycles. The van der Waals surface area contributed by atoms with Gasteiger partial charge >= 0.3 is 0 Å². The zero-order valence-corrected chi connectivity index (χ0v) is 17.5. The lowest BCUT2D eigenvalue weighted by Crippen LogP contribution is -2.40. The highest BCUT2D eigenvalue weighted by atomic mass is 16.7. The van der Waals surface area contributed by atoms with Gasteiger partial charge in [-0.25, -0.2) is 4.98 Å². The van der Waals surface area contributed by atoms with Crippen molar-refractivity contribution >= 4 is 11.6 Å². The van der Waals surface area contributed by atoms with E-state index in [4.69, 9.17) is 13.9 Å². The molecule has 1 atom stereocenters. The summed E-state index contributed by atoms with van der Waals surface area (Å²) in [6.07, 6.45) is 3.63. The van der Waals surface area contributed by atoms with Crippen LogP contribution in [0.5, 0.6) is 11.5 Å². The Morgan fingerprint density at radius 3 is 2.97 bits per heavy atom. The smallest absolute Gasteiger partial charge is 0.272 e. The molecule has 4 aromatic rings. The van der Waals surface area contributed by atoms with Gasteiger partial charge in [0.05, 0.1) is 11.6 Å². The second-order valence-electron chi connectivity index (χ2n) is 8.08. The van der Waals surface area contributed by atoms with Gasteiger partial charge in [0.25, 0.3) is 5.91 Å². The summed E-state index contributed by atoms with van der Waals surface area (Å²) in [6.45, 7) is 3.31. The highest BCUT2D eigenvalue weighted by Crippen LogP contribution is 2.36. The molecular formula is C23H21N5O4. The predicted molar refractivity (Wildman–Crippen MR) is 114 cm³/mol. The minimum absolute atomic E-state index is 0.0116. The van der Waals surface area contributed by atoms with E-state index in [0.717, 1.165) is 29.7 Å². The van der Waals surface area contributed by atoms with Crippen molar-refractivity contribution in [2.75, 3.05) is 19.9 Å². The first-order valence-electron chi connectivity index (χ1n) is 10.6. The van der Waals surface area contributed by atoms with Gasteiger partial charge in [-0.15, -0.1) is 10.2 Å². The molecular weight excluding hydrogens is 410 g/mol. The van der Waals surface area contributed by atoms with Crippen LogP contribution >= 0.6 is 0 Å². The molecule has 1 saturated heterocycles. The summed E-state index contributed by atoms with van der Waals surface area (Å²) in [5, 5.41) is 8.52. The average molecular weight is 431 g/mol. The number of piperidine rings is 1. The second kappa shape index (κ2) is 7.37. The summed E-state index contributed by atoms with van der Waals surface area (Å²) in [5.74, 6) is 2.31. The zero-order valence-electron chi connectivity index (χ0n) is 17.5. The third kappa shape index (κ3) is 3.08. The molecule has 1 unspecified atom stereocenters. The van der Waals surface area contributed by atoms with Crippen LogP contribution in [0.3, 0.4) is 0 Å². The van der Waals surface area contributed by atoms with Crippen LogP contribution in [0, 0.1) is 6.92 Å². The van der Waals surface area contributed by atoms with Gasteiger partial charge in [0.1, 0.15) is 11.3 Å². The van der Waals surface area contributed by atoms with Crippen molar-refractivity contribution < 1.29 is 18.7 Å². The van der Waals surface area contributed by atoms with Gasteiger partial charge in [0.15, 0.2) is 11.5 Å². The molecule has 1 aromatic carbocycles. The molecule has 0 saturated carbocycles. The van der Waals surface area contributed by atoms with Crippen molar-refractivity contribution in [3.05, 3.63) is 59.9 Å². The van der Waals surface area contributed by atoms with Crippen molar-refractivity contribution in [2.45, 2.75) is 25.7 Å². The number of carbonyl (C=O) groups excluding carboxylic acids is 1. The molecule has 1 amide bonds. The third-order valence-corrected chi connectivity index (χ3v) is 6.02. The van der Waals surface area contributed by atoms with E-state index in [9.17, 15) is 4.79 Å². The number of carbonyl (C=O) groups is 1. The molecule has 9 nitrogen and oxygen atoms in total. The van der Waals surface area contributed by atoms with Crippen LogP contribution in [0.2, 0.25) is 0 Å². The summed E-state index contributed by atoms with van der Waals surface area (Å²) in [5.41, 5.74) is 2.88. The third-order valence-electron chi connectivity index (χ3n) is 6.02. The van der Waals surface area contributed by atoms with Crippen LogP contribution in [0.1, 0.15) is 40.8 Å². The number of benzene rings is 1. The molecule has 0 spiro atoms. The van der Waals surface area contributed by atoms with Gasteiger partial charge in [-0.3, -0.25) is 9.20 Å². The van der Waals surface area contributed by atoms with Crippen LogP contribution in [0.15, 0.2) is 47.0 Å². The number of imidazole rings is 1. The van der Waals surface area contributed by atoms with Gasteiger partial charge in [-0.1, -0.05) is 6.07 Å². The van der Waals surface area contributed by atoms with Crippen molar-refractivity contribution in [3.63, 3.8) is 0 Å². The largest absolute Gasteiger partial charge is 0.454 e. The molecule has 2 aliphatic heterocycles. The average Bonchev–Trinajstić information content (AvgIpc) is 3.56. The Hall–Kier alpha value is -3.88. The monoisotopic (exact) mass is 431 g/mol. The Morgan fingerprint density at radius 1 is 1.12 bits per heavy atom. The highest BCUT2D eigenvalue weighted by Gasteiger charge is 2.31. The van der Waals surface area contributed by atoms with Gasteiger partial charge in [0, 0.05) is 24.8 Å². The lowest BCUT2D eigenvalue weighted by atomic mass is 9.97. The Morgan fingerprint density at radius 2 is 2.03 bits per heavy atom. The first-order valence-corrected chi connectivity index (χ1v) is 10.6. The number of hydrogen-bond donors (Lipinski definition) is 0. The topological polar surface area (TPSA) is 95.0 Å². The van der Waals surface area contributed by atoms with E-state index in [1.165, 1.54) is 0 Å². The van der Waals surface area contributed by atoms with Crippen LogP contribution < -0.4 is 9.47 Å². The van der Waals surface area contributed by atoms with Crippen LogP contribution in [0.4, 0.5) is 0 Å². The molecule has 2 aliphatic rings. The molecule has 0 radical (unpaired) electrons. The number of pyridine rings is 1. The van der Waals surface area contributed by atoms with Crippen molar-refractivity contribution in [1.82, 2.24) is 24.5 Å². The maximum absolute atomic E-state index is 13.4. The maximum atomic E-state index is 13.4. The Balaban J connectivity index is 1.24. The standard InChI is InChI=1S/C23H21N5O4/c1-14-20(28-10-3-2-6-19(28)24-14)23(29)27-9-4-5-16(12-27)22-26-25-21(32-22)15-7-8-17-18(11-15)31-13-30-17/h2-3,6-8,10-11,16H,4-5,9,12-13H2,1H3. The van der Waals surface area contributed by atoms with E-state index in [1.807, 2.05) is 58.8 Å². The molecule has 32 heavy (non-hydrogen) atoms. The van der Waals surface area contributed by atoms with E-state index in [0.29, 0.717) is 42.1 Å². The fourth-order valence-electron chi connectivity index (χ4n) is 4.43. The molecule has 1 fully saturated rings. The number of amides is 1. The Labute approximate surface area is 183 Å². The Kier molecular flexibility index (Phi) is 4.34. The molecule has 0 N–H and O–H groups in total. The minimum atomic E-state index is -0.0265. The quantitative estimate of drug-likeness (QED) is 0.490. The molecule has 5 heterocycles. The number of rotatable bonds is 3. The summed E-state index contributed by atoms with van der Waals surface area (Å²) >= 11 is 0. The number of nitrogens with zero attached hydrogens (tertiary/aromatic N) is 5. The van der Waals surface area contributed by atoms with Crippen LogP contribution in [-0.2, 0) is 0 Å². The lowest BCUT2D eigenvalue weighted by molar-refractivity contribution is 0.0690. The van der Waals surface area contributed by atoms with Gasteiger partial charge in [-0.05, 0) is 50.1 Å². The first kappa shape index (κ1) is 18.9. The summed E-state index contributed by atoms with van der Waals surface area (Å²) in [4.78, 5) is 19.8. The Bertz CT molecular complexity index is 1330. The van der Waals surface area contributed by atoms with Crippen molar-refractivity contribution in [1.29, 1.82) is 0 Å². The number of fused-ring (bicyclic) bond motifs is 2. The fraction of sp³-hybridized carbons (Fsp3) is 0.304. The highest BCUT2D eigenvalue weighted by molar-refractivity contribution is 5.94. The molecule has 0 bridgehead atoms. The summed E-state index contributed by atoms with van der Waals surface area (Å²) < 4.78 is 18.7. The van der Waals surface area contributed by atoms with Crippen molar-refractivity contribution in [3.8, 4) is 23.0 Å². The number of likely N-dealkylation sites (tertiary alicyclic amines) is 1. The molecule has 162 valence electrons. The second-order valence-corrected chi connectivity index (χ2v) is 8.08. The van der Waals surface area contributed by atoms with Gasteiger partial charge < -0.3 is 18.8 Å². The maximum Gasteiger partial charge on any atom is 0.272 e. The van der Waals surface area contributed by atoms with Crippen LogP contribution in [0.25, 0.3) is 17.1 Å². The number of hydrogen-bond acceptors (Lipinski definition) is 7. The molecule has 3 aromatic heterocycles. The normalized spacial score (nSPS) is 17.8. The van der Waals surface area contributed by atoms with E-state index in [1.54, 1.807) is 0 Å². The lowest BCUT2D eigenvalue weighted by Gasteiger charge is -2.31. The fourth-order valence-corrected chi connectivity index (χ4v) is 4.43. The van der Waals surface area contributed by atoms with E-state index >= 15 is 0 Å². The zero-order chi connectivity index (χ0) is 21.7. The summed E-state index contributed by atoms with van der Waals surface area (Å²) in [7, 11) is 0. The first-order chi connectivity index (χ1) is 15.7. The number of aryl methyl sites for hydroxylation is 1. The van der Waals surface area contributed by atoms with E-state index in [2.05, 4.69) is 15.2 Å². The molecule has 6 rings (SSSR count). The predicted octanol–water partition coefficient (Wildman–Crippen LogP) is 3.44. The minimum Gasteiger partial charge on any atom is -0.454 e. The summed E-state index contributed by atoms with van der Waals surface area (Å²) in [6, 6.07) is 11.3.